The number of carbonyl (C=O) groups is 2. The molecule has 190 valence electrons. The first-order valence-electron chi connectivity index (χ1n) is 11.9. The van der Waals surface area contributed by atoms with Crippen molar-refractivity contribution in [3.05, 3.63) is 105 Å². The summed E-state index contributed by atoms with van der Waals surface area (Å²) in [5.41, 5.74) is 4.16. The number of nitrogens with zero attached hydrogens (tertiary/aromatic N) is 1. The van der Waals surface area contributed by atoms with Crippen molar-refractivity contribution in [3.8, 4) is 0 Å². The number of amides is 2. The minimum Gasteiger partial charge on any atom is -0.352 e. The molecule has 0 aliphatic carbocycles. The van der Waals surface area contributed by atoms with Crippen molar-refractivity contribution in [1.82, 2.24) is 10.2 Å². The zero-order valence-electron chi connectivity index (χ0n) is 20.8. The van der Waals surface area contributed by atoms with Gasteiger partial charge in [-0.1, -0.05) is 89.4 Å². The zero-order chi connectivity index (χ0) is 26.1. The summed E-state index contributed by atoms with van der Waals surface area (Å²) < 4.78 is 0. The average Bonchev–Trinajstić information content (AvgIpc) is 2.85. The van der Waals surface area contributed by atoms with Gasteiger partial charge in [-0.25, -0.2) is 0 Å². The highest BCUT2D eigenvalue weighted by molar-refractivity contribution is 7.99. The smallest absolute Gasteiger partial charge is 0.243 e. The molecule has 3 rings (SSSR count). The van der Waals surface area contributed by atoms with Crippen molar-refractivity contribution >= 4 is 46.8 Å². The van der Waals surface area contributed by atoms with E-state index in [1.807, 2.05) is 50.2 Å². The number of carbonyl (C=O) groups excluding carboxylic acids is 2. The molecule has 0 spiro atoms. The molecule has 0 saturated carbocycles. The van der Waals surface area contributed by atoms with Crippen molar-refractivity contribution in [2.75, 3.05) is 5.75 Å². The largest absolute Gasteiger partial charge is 0.352 e. The van der Waals surface area contributed by atoms with Crippen LogP contribution in [0.1, 0.15) is 36.1 Å². The van der Waals surface area contributed by atoms with Gasteiger partial charge in [-0.3, -0.25) is 9.59 Å². The van der Waals surface area contributed by atoms with E-state index in [2.05, 4.69) is 36.5 Å². The highest BCUT2D eigenvalue weighted by Crippen LogP contribution is 2.25. The SMILES string of the molecule is Cc1ccc(CSCC(=O)N(Cc2ccc(Cl)c(Cl)c2)[C@H](Cc2ccccc2)C(=O)NC(C)C)cc1. The molecular formula is C29H32Cl2N2O2S. The van der Waals surface area contributed by atoms with Crippen LogP contribution in [0, 0.1) is 6.92 Å². The van der Waals surface area contributed by atoms with Crippen LogP contribution in [0.15, 0.2) is 72.8 Å². The number of thioether (sulfide) groups is 1. The highest BCUT2D eigenvalue weighted by atomic mass is 35.5. The molecule has 1 N–H and O–H groups in total. The number of rotatable bonds is 11. The van der Waals surface area contributed by atoms with Gasteiger partial charge in [0.2, 0.25) is 11.8 Å². The number of hydrogen-bond acceptors (Lipinski definition) is 3. The number of nitrogens with one attached hydrogen (secondary N) is 1. The summed E-state index contributed by atoms with van der Waals surface area (Å²) in [5.74, 6) is 0.702. The standard InChI is InChI=1S/C29H32Cl2N2O2S/c1-20(2)32-29(35)27(16-22-7-5-4-6-8-22)33(17-24-13-14-25(30)26(31)15-24)28(34)19-36-18-23-11-9-21(3)10-12-23/h4-15,20,27H,16-19H2,1-3H3,(H,32,35)/t27-/m1/s1. The molecule has 4 nitrogen and oxygen atoms in total. The maximum atomic E-state index is 13.6. The van der Waals surface area contributed by atoms with Crippen LogP contribution in [-0.2, 0) is 28.3 Å². The van der Waals surface area contributed by atoms with E-state index in [0.717, 1.165) is 16.7 Å². The fraction of sp³-hybridized carbons (Fsp3) is 0.310. The Kier molecular flexibility index (Phi) is 10.7. The Morgan fingerprint density at radius 2 is 1.56 bits per heavy atom. The lowest BCUT2D eigenvalue weighted by atomic mass is 10.0. The van der Waals surface area contributed by atoms with E-state index in [1.54, 1.807) is 28.8 Å². The fourth-order valence-corrected chi connectivity index (χ4v) is 4.98. The monoisotopic (exact) mass is 542 g/mol. The van der Waals surface area contributed by atoms with Gasteiger partial charge in [-0.05, 0) is 49.6 Å². The summed E-state index contributed by atoms with van der Waals surface area (Å²) >= 11 is 13.9. The minimum atomic E-state index is -0.670. The van der Waals surface area contributed by atoms with Crippen molar-refractivity contribution in [2.24, 2.45) is 0 Å². The van der Waals surface area contributed by atoms with Crippen molar-refractivity contribution in [1.29, 1.82) is 0 Å². The predicted octanol–water partition coefficient (Wildman–Crippen LogP) is 6.70. The Hall–Kier alpha value is -2.47. The van der Waals surface area contributed by atoms with E-state index in [4.69, 9.17) is 23.2 Å². The summed E-state index contributed by atoms with van der Waals surface area (Å²) in [6.07, 6.45) is 0.412. The first-order chi connectivity index (χ1) is 17.2. The summed E-state index contributed by atoms with van der Waals surface area (Å²) in [5, 5.41) is 3.87. The lowest BCUT2D eigenvalue weighted by Crippen LogP contribution is -2.52. The third-order valence-corrected chi connectivity index (χ3v) is 7.38. The quantitative estimate of drug-likeness (QED) is 0.293. The van der Waals surface area contributed by atoms with Gasteiger partial charge in [0.15, 0.2) is 0 Å². The van der Waals surface area contributed by atoms with E-state index in [-0.39, 0.29) is 30.2 Å². The Morgan fingerprint density at radius 1 is 0.889 bits per heavy atom. The van der Waals surface area contributed by atoms with E-state index >= 15 is 0 Å². The molecule has 0 bridgehead atoms. The van der Waals surface area contributed by atoms with Crippen molar-refractivity contribution < 1.29 is 9.59 Å². The molecule has 0 fully saturated rings. The number of halogens is 2. The van der Waals surface area contributed by atoms with Crippen molar-refractivity contribution in [3.63, 3.8) is 0 Å². The molecule has 0 saturated heterocycles. The molecule has 0 aliphatic rings. The molecule has 36 heavy (non-hydrogen) atoms. The van der Waals surface area contributed by atoms with Crippen LogP contribution >= 0.6 is 35.0 Å². The van der Waals surface area contributed by atoms with Crippen LogP contribution in [0.2, 0.25) is 10.0 Å². The normalized spacial score (nSPS) is 11.8. The lowest BCUT2D eigenvalue weighted by Gasteiger charge is -2.32. The average molecular weight is 544 g/mol. The van der Waals surface area contributed by atoms with E-state index < -0.39 is 6.04 Å². The Bertz CT molecular complexity index is 1150. The fourth-order valence-electron chi connectivity index (χ4n) is 3.79. The van der Waals surface area contributed by atoms with Crippen LogP contribution in [0.3, 0.4) is 0 Å². The molecule has 7 heteroatoms. The molecule has 0 aliphatic heterocycles. The first kappa shape index (κ1) is 28.1. The lowest BCUT2D eigenvalue weighted by molar-refractivity contribution is -0.139. The van der Waals surface area contributed by atoms with Gasteiger partial charge >= 0.3 is 0 Å². The topological polar surface area (TPSA) is 49.4 Å². The summed E-state index contributed by atoms with van der Waals surface area (Å²) in [4.78, 5) is 28.7. The van der Waals surface area contributed by atoms with Gasteiger partial charge in [0.1, 0.15) is 6.04 Å². The number of aryl methyl sites for hydroxylation is 1. The maximum Gasteiger partial charge on any atom is 0.243 e. The van der Waals surface area contributed by atoms with Gasteiger partial charge in [-0.2, -0.15) is 0 Å². The van der Waals surface area contributed by atoms with E-state index in [9.17, 15) is 9.59 Å². The summed E-state index contributed by atoms with van der Waals surface area (Å²) in [6.45, 7) is 6.14. The third-order valence-electron chi connectivity index (χ3n) is 5.65. The molecule has 0 aromatic heterocycles. The third kappa shape index (κ3) is 8.58. The molecule has 1 atom stereocenters. The van der Waals surface area contributed by atoms with Crippen molar-refractivity contribution in [2.45, 2.75) is 51.6 Å². The highest BCUT2D eigenvalue weighted by Gasteiger charge is 2.30. The Morgan fingerprint density at radius 3 is 2.19 bits per heavy atom. The number of benzene rings is 3. The molecule has 0 heterocycles. The van der Waals surface area contributed by atoms with E-state index in [0.29, 0.717) is 22.2 Å². The van der Waals surface area contributed by atoms with Crippen LogP contribution < -0.4 is 5.32 Å². The van der Waals surface area contributed by atoms with Gasteiger partial charge in [0.25, 0.3) is 0 Å². The molecule has 0 radical (unpaired) electrons. The number of hydrogen-bond donors (Lipinski definition) is 1. The van der Waals surface area contributed by atoms with Gasteiger partial charge in [0.05, 0.1) is 15.8 Å². The molecule has 3 aromatic carbocycles. The van der Waals surface area contributed by atoms with Gasteiger partial charge in [-0.15, -0.1) is 11.8 Å². The zero-order valence-corrected chi connectivity index (χ0v) is 23.2. The second-order valence-electron chi connectivity index (χ2n) is 9.12. The predicted molar refractivity (Wildman–Crippen MR) is 152 cm³/mol. The maximum absolute atomic E-state index is 13.6. The molecule has 0 unspecified atom stereocenters. The summed E-state index contributed by atoms with van der Waals surface area (Å²) in [7, 11) is 0. The van der Waals surface area contributed by atoms with Crippen LogP contribution in [0.4, 0.5) is 0 Å². The first-order valence-corrected chi connectivity index (χ1v) is 13.8. The second kappa shape index (κ2) is 13.7. The Labute approximate surface area is 228 Å². The summed E-state index contributed by atoms with van der Waals surface area (Å²) in [6, 6.07) is 22.7. The molecular weight excluding hydrogens is 511 g/mol. The van der Waals surface area contributed by atoms with Crippen LogP contribution in [0.25, 0.3) is 0 Å². The second-order valence-corrected chi connectivity index (χ2v) is 10.9. The molecule has 2 amide bonds. The van der Waals surface area contributed by atoms with E-state index in [1.165, 1.54) is 5.56 Å². The minimum absolute atomic E-state index is 0.0476. The van der Waals surface area contributed by atoms with Crippen LogP contribution in [-0.4, -0.2) is 34.6 Å². The van der Waals surface area contributed by atoms with Crippen LogP contribution in [0.5, 0.6) is 0 Å². The van der Waals surface area contributed by atoms with Gasteiger partial charge < -0.3 is 10.2 Å². The van der Waals surface area contributed by atoms with Gasteiger partial charge in [0, 0.05) is 24.8 Å². The molecule has 3 aromatic rings. The Balaban J connectivity index is 1.86.